The van der Waals surface area contributed by atoms with E-state index in [1.165, 1.54) is 11.6 Å². The standard InChI is InChI=1S/C12H12N4O3/c1-8(17)10-4-2-3-5-11(10)16-6-9(14-15-16)7-19-12(13)18/h2-6H,7H2,1H3,(H2,13,18). The molecule has 98 valence electrons. The van der Waals surface area contributed by atoms with Crippen molar-refractivity contribution < 1.29 is 14.3 Å². The van der Waals surface area contributed by atoms with Crippen LogP contribution in [0.15, 0.2) is 30.5 Å². The maximum Gasteiger partial charge on any atom is 0.404 e. The van der Waals surface area contributed by atoms with Gasteiger partial charge in [0, 0.05) is 5.56 Å². The molecule has 0 aliphatic rings. The predicted molar refractivity (Wildman–Crippen MR) is 65.7 cm³/mol. The zero-order valence-electron chi connectivity index (χ0n) is 10.2. The van der Waals surface area contributed by atoms with Crippen molar-refractivity contribution in [3.8, 4) is 5.69 Å². The lowest BCUT2D eigenvalue weighted by molar-refractivity contribution is 0.101. The lowest BCUT2D eigenvalue weighted by atomic mass is 10.1. The van der Waals surface area contributed by atoms with Crippen molar-refractivity contribution in [1.82, 2.24) is 15.0 Å². The van der Waals surface area contributed by atoms with Gasteiger partial charge in [0.25, 0.3) is 0 Å². The van der Waals surface area contributed by atoms with Gasteiger partial charge in [0.2, 0.25) is 0 Å². The van der Waals surface area contributed by atoms with Crippen LogP contribution in [0.5, 0.6) is 0 Å². The normalized spacial score (nSPS) is 10.2. The molecule has 7 nitrogen and oxygen atoms in total. The van der Waals surface area contributed by atoms with Crippen molar-refractivity contribution in [1.29, 1.82) is 0 Å². The molecule has 0 bridgehead atoms. The van der Waals surface area contributed by atoms with E-state index in [9.17, 15) is 9.59 Å². The average molecular weight is 260 g/mol. The summed E-state index contributed by atoms with van der Waals surface area (Å²) in [4.78, 5) is 22.0. The Morgan fingerprint density at radius 2 is 2.11 bits per heavy atom. The summed E-state index contributed by atoms with van der Waals surface area (Å²) in [5, 5.41) is 7.72. The molecule has 2 aromatic rings. The number of carbonyl (C=O) groups is 2. The van der Waals surface area contributed by atoms with Gasteiger partial charge in [0.1, 0.15) is 12.3 Å². The van der Waals surface area contributed by atoms with E-state index in [0.29, 0.717) is 16.9 Å². The van der Waals surface area contributed by atoms with Crippen LogP contribution in [0.2, 0.25) is 0 Å². The molecule has 19 heavy (non-hydrogen) atoms. The Labute approximate surface area is 109 Å². The molecule has 2 N–H and O–H groups in total. The molecular weight excluding hydrogens is 248 g/mol. The Morgan fingerprint density at radius 3 is 2.79 bits per heavy atom. The van der Waals surface area contributed by atoms with Gasteiger partial charge >= 0.3 is 6.09 Å². The summed E-state index contributed by atoms with van der Waals surface area (Å²) in [7, 11) is 0. The molecule has 1 aromatic heterocycles. The van der Waals surface area contributed by atoms with Gasteiger partial charge in [-0.2, -0.15) is 0 Å². The molecule has 7 heteroatoms. The summed E-state index contributed by atoms with van der Waals surface area (Å²) in [5.74, 6) is -0.0685. The zero-order chi connectivity index (χ0) is 13.8. The number of amides is 1. The summed E-state index contributed by atoms with van der Waals surface area (Å²) in [6.07, 6.45) is 0.698. The maximum atomic E-state index is 11.5. The average Bonchev–Trinajstić information content (AvgIpc) is 2.85. The van der Waals surface area contributed by atoms with Crippen molar-refractivity contribution in [2.75, 3.05) is 0 Å². The van der Waals surface area contributed by atoms with Gasteiger partial charge in [-0.15, -0.1) is 5.10 Å². The number of primary amides is 1. The minimum absolute atomic E-state index is 0.0580. The van der Waals surface area contributed by atoms with E-state index in [0.717, 1.165) is 0 Å². The molecule has 2 rings (SSSR count). The summed E-state index contributed by atoms with van der Waals surface area (Å²) in [6, 6.07) is 7.03. The molecule has 1 amide bonds. The molecule has 0 aliphatic heterocycles. The number of carbonyl (C=O) groups excluding carboxylic acids is 2. The molecule has 0 saturated heterocycles. The number of para-hydroxylation sites is 1. The minimum Gasteiger partial charge on any atom is -0.443 e. The number of ether oxygens (including phenoxy) is 1. The van der Waals surface area contributed by atoms with Gasteiger partial charge < -0.3 is 10.5 Å². The number of Topliss-reactive ketones (excluding diaryl/α,β-unsaturated/α-hetero) is 1. The SMILES string of the molecule is CC(=O)c1ccccc1-n1cc(COC(N)=O)nn1. The predicted octanol–water partition coefficient (Wildman–Crippen LogP) is 1.07. The topological polar surface area (TPSA) is 100 Å². The zero-order valence-corrected chi connectivity index (χ0v) is 10.2. The molecule has 1 heterocycles. The van der Waals surface area contributed by atoms with Crippen molar-refractivity contribution in [3.63, 3.8) is 0 Å². The van der Waals surface area contributed by atoms with E-state index >= 15 is 0 Å². The van der Waals surface area contributed by atoms with Crippen LogP contribution in [-0.4, -0.2) is 26.9 Å². The summed E-state index contributed by atoms with van der Waals surface area (Å²) >= 11 is 0. The third-order valence-corrected chi connectivity index (χ3v) is 2.43. The van der Waals surface area contributed by atoms with E-state index in [1.807, 2.05) is 0 Å². The number of rotatable bonds is 4. The second kappa shape index (κ2) is 5.30. The third-order valence-electron chi connectivity index (χ3n) is 2.43. The van der Waals surface area contributed by atoms with Crippen LogP contribution >= 0.6 is 0 Å². The van der Waals surface area contributed by atoms with Crippen LogP contribution in [0, 0.1) is 0 Å². The Kier molecular flexibility index (Phi) is 3.56. The number of hydrogen-bond donors (Lipinski definition) is 1. The number of hydrogen-bond acceptors (Lipinski definition) is 5. The molecule has 0 atom stereocenters. The third kappa shape index (κ3) is 2.95. The van der Waals surface area contributed by atoms with E-state index in [4.69, 9.17) is 5.73 Å². The second-order valence-corrected chi connectivity index (χ2v) is 3.84. The minimum atomic E-state index is -0.876. The van der Waals surface area contributed by atoms with Crippen LogP contribution in [0.25, 0.3) is 5.69 Å². The fourth-order valence-corrected chi connectivity index (χ4v) is 1.60. The number of aromatic nitrogens is 3. The highest BCUT2D eigenvalue weighted by Gasteiger charge is 2.10. The van der Waals surface area contributed by atoms with Gasteiger partial charge in [-0.05, 0) is 19.1 Å². The van der Waals surface area contributed by atoms with Crippen molar-refractivity contribution in [2.45, 2.75) is 13.5 Å². The Morgan fingerprint density at radius 1 is 1.37 bits per heavy atom. The molecule has 0 aliphatic carbocycles. The summed E-state index contributed by atoms with van der Waals surface area (Å²) in [5.41, 5.74) is 6.46. The van der Waals surface area contributed by atoms with E-state index in [1.54, 1.807) is 30.5 Å². The highest BCUT2D eigenvalue weighted by molar-refractivity contribution is 5.97. The van der Waals surface area contributed by atoms with E-state index in [-0.39, 0.29) is 12.4 Å². The maximum absolute atomic E-state index is 11.5. The quantitative estimate of drug-likeness (QED) is 0.828. The van der Waals surface area contributed by atoms with Gasteiger partial charge in [0.15, 0.2) is 5.78 Å². The fraction of sp³-hybridized carbons (Fsp3) is 0.167. The monoisotopic (exact) mass is 260 g/mol. The summed E-state index contributed by atoms with van der Waals surface area (Å²) in [6.45, 7) is 1.42. The van der Waals surface area contributed by atoms with Crippen LogP contribution < -0.4 is 5.73 Å². The smallest absolute Gasteiger partial charge is 0.404 e. The van der Waals surface area contributed by atoms with Crippen LogP contribution in [-0.2, 0) is 11.3 Å². The fourth-order valence-electron chi connectivity index (χ4n) is 1.60. The molecule has 0 radical (unpaired) electrons. The lowest BCUT2D eigenvalue weighted by Crippen LogP contribution is -2.12. The van der Waals surface area contributed by atoms with Gasteiger partial charge in [0.05, 0.1) is 11.9 Å². The van der Waals surface area contributed by atoms with Crippen LogP contribution in [0.1, 0.15) is 23.0 Å². The Hall–Kier alpha value is -2.70. The van der Waals surface area contributed by atoms with Crippen LogP contribution in [0.4, 0.5) is 4.79 Å². The molecule has 1 aromatic carbocycles. The van der Waals surface area contributed by atoms with Gasteiger partial charge in [-0.3, -0.25) is 4.79 Å². The first-order chi connectivity index (χ1) is 9.08. The molecule has 0 fully saturated rings. The Bertz CT molecular complexity index is 621. The van der Waals surface area contributed by atoms with Gasteiger partial charge in [-0.1, -0.05) is 17.3 Å². The molecular formula is C12H12N4O3. The van der Waals surface area contributed by atoms with Crippen molar-refractivity contribution in [2.24, 2.45) is 5.73 Å². The number of benzene rings is 1. The lowest BCUT2D eigenvalue weighted by Gasteiger charge is -2.04. The second-order valence-electron chi connectivity index (χ2n) is 3.84. The molecule has 0 saturated carbocycles. The Balaban J connectivity index is 2.28. The number of nitrogens with two attached hydrogens (primary N) is 1. The highest BCUT2D eigenvalue weighted by atomic mass is 16.5. The first-order valence-electron chi connectivity index (χ1n) is 5.51. The molecule has 0 spiro atoms. The van der Waals surface area contributed by atoms with Gasteiger partial charge in [-0.25, -0.2) is 9.48 Å². The number of ketones is 1. The van der Waals surface area contributed by atoms with E-state index in [2.05, 4.69) is 15.0 Å². The van der Waals surface area contributed by atoms with Crippen molar-refractivity contribution in [3.05, 3.63) is 41.7 Å². The van der Waals surface area contributed by atoms with Crippen LogP contribution in [0.3, 0.4) is 0 Å². The first-order valence-corrected chi connectivity index (χ1v) is 5.51. The highest BCUT2D eigenvalue weighted by Crippen LogP contribution is 2.14. The van der Waals surface area contributed by atoms with Crippen molar-refractivity contribution >= 4 is 11.9 Å². The number of nitrogens with zero attached hydrogens (tertiary/aromatic N) is 3. The first kappa shape index (κ1) is 12.7. The summed E-state index contributed by atoms with van der Waals surface area (Å²) < 4.78 is 6.07. The largest absolute Gasteiger partial charge is 0.443 e. The molecule has 0 unspecified atom stereocenters. The van der Waals surface area contributed by atoms with E-state index < -0.39 is 6.09 Å².